The summed E-state index contributed by atoms with van der Waals surface area (Å²) in [5, 5.41) is 3.71. The van der Waals surface area contributed by atoms with Crippen molar-refractivity contribution >= 4 is 0 Å². The van der Waals surface area contributed by atoms with Gasteiger partial charge in [-0.25, -0.2) is 0 Å². The molecule has 17 heavy (non-hydrogen) atoms. The Labute approximate surface area is 105 Å². The van der Waals surface area contributed by atoms with Gasteiger partial charge in [-0.3, -0.25) is 0 Å². The van der Waals surface area contributed by atoms with Crippen LogP contribution in [0.3, 0.4) is 0 Å². The molecule has 0 atom stereocenters. The molecule has 0 amide bonds. The summed E-state index contributed by atoms with van der Waals surface area (Å²) in [6, 6.07) is 1.06. The molecule has 3 heteroatoms. The molecule has 1 saturated heterocycles. The average molecular weight is 241 g/mol. The molecule has 1 aliphatic carbocycles. The Morgan fingerprint density at radius 1 is 0.824 bits per heavy atom. The Kier molecular flexibility index (Phi) is 4.83. The van der Waals surface area contributed by atoms with Gasteiger partial charge in [-0.1, -0.05) is 32.1 Å². The Hall–Kier alpha value is -0.120. The normalized spacial score (nSPS) is 28.6. The molecular formula is C14H27NO2. The van der Waals surface area contributed by atoms with Crippen molar-refractivity contribution in [3.05, 3.63) is 0 Å². The summed E-state index contributed by atoms with van der Waals surface area (Å²) in [6.07, 6.45) is 9.62. The zero-order valence-corrected chi connectivity index (χ0v) is 11.3. The standard InChI is InChI=1S/C14H27NO2/c1-14(2)16-10-13(11-17-14)15-12-8-6-4-3-5-7-9-12/h12-13,15H,3-11H2,1-2H3. The first-order chi connectivity index (χ1) is 8.16. The van der Waals surface area contributed by atoms with Gasteiger partial charge in [0, 0.05) is 6.04 Å². The van der Waals surface area contributed by atoms with Crippen LogP contribution in [0.1, 0.15) is 58.8 Å². The number of ether oxygens (including phenoxy) is 2. The highest BCUT2D eigenvalue weighted by atomic mass is 16.7. The molecule has 1 aliphatic heterocycles. The number of nitrogens with one attached hydrogen (secondary N) is 1. The predicted octanol–water partition coefficient (Wildman–Crippen LogP) is 2.84. The van der Waals surface area contributed by atoms with Crippen LogP contribution in [0.4, 0.5) is 0 Å². The summed E-state index contributed by atoms with van der Waals surface area (Å²) in [4.78, 5) is 0. The van der Waals surface area contributed by atoms with E-state index in [4.69, 9.17) is 9.47 Å². The minimum atomic E-state index is -0.390. The predicted molar refractivity (Wildman–Crippen MR) is 69.0 cm³/mol. The minimum Gasteiger partial charge on any atom is -0.349 e. The molecule has 0 bridgehead atoms. The van der Waals surface area contributed by atoms with E-state index in [1.165, 1.54) is 44.9 Å². The second-order valence-corrected chi connectivity index (χ2v) is 5.93. The zero-order valence-electron chi connectivity index (χ0n) is 11.3. The van der Waals surface area contributed by atoms with E-state index in [1.807, 2.05) is 13.8 Å². The molecule has 0 aromatic carbocycles. The van der Waals surface area contributed by atoms with E-state index in [0.717, 1.165) is 13.2 Å². The second kappa shape index (κ2) is 6.17. The van der Waals surface area contributed by atoms with Crippen LogP contribution in [0.5, 0.6) is 0 Å². The number of hydrogen-bond donors (Lipinski definition) is 1. The molecule has 2 aliphatic rings. The Morgan fingerprint density at radius 3 is 1.94 bits per heavy atom. The summed E-state index contributed by atoms with van der Waals surface area (Å²) < 4.78 is 11.4. The fraction of sp³-hybridized carbons (Fsp3) is 1.00. The summed E-state index contributed by atoms with van der Waals surface area (Å²) in [5.41, 5.74) is 0. The van der Waals surface area contributed by atoms with Crippen molar-refractivity contribution in [2.75, 3.05) is 13.2 Å². The van der Waals surface area contributed by atoms with Crippen LogP contribution in [-0.2, 0) is 9.47 Å². The second-order valence-electron chi connectivity index (χ2n) is 5.93. The van der Waals surface area contributed by atoms with Crippen molar-refractivity contribution in [2.45, 2.75) is 76.7 Å². The topological polar surface area (TPSA) is 30.5 Å². The van der Waals surface area contributed by atoms with E-state index >= 15 is 0 Å². The SMILES string of the molecule is CC1(C)OCC(NC2CCCCCCC2)CO1. The van der Waals surface area contributed by atoms with Crippen LogP contribution in [0.25, 0.3) is 0 Å². The smallest absolute Gasteiger partial charge is 0.162 e. The van der Waals surface area contributed by atoms with Crippen molar-refractivity contribution in [1.29, 1.82) is 0 Å². The fourth-order valence-corrected chi connectivity index (χ4v) is 2.74. The van der Waals surface area contributed by atoms with Crippen LogP contribution in [-0.4, -0.2) is 31.1 Å². The molecule has 0 spiro atoms. The summed E-state index contributed by atoms with van der Waals surface area (Å²) in [5.74, 6) is -0.390. The van der Waals surface area contributed by atoms with Crippen molar-refractivity contribution in [3.63, 3.8) is 0 Å². The van der Waals surface area contributed by atoms with Crippen molar-refractivity contribution in [3.8, 4) is 0 Å². The van der Waals surface area contributed by atoms with Gasteiger partial charge in [0.15, 0.2) is 5.79 Å². The fourth-order valence-electron chi connectivity index (χ4n) is 2.74. The molecular weight excluding hydrogens is 214 g/mol. The average Bonchev–Trinajstić information content (AvgIpc) is 2.24. The Bertz CT molecular complexity index is 212. The van der Waals surface area contributed by atoms with Gasteiger partial charge in [0.1, 0.15) is 0 Å². The van der Waals surface area contributed by atoms with E-state index in [2.05, 4.69) is 5.32 Å². The lowest BCUT2D eigenvalue weighted by Gasteiger charge is -2.37. The summed E-state index contributed by atoms with van der Waals surface area (Å²) in [6.45, 7) is 5.53. The highest BCUT2D eigenvalue weighted by Gasteiger charge is 2.29. The van der Waals surface area contributed by atoms with Gasteiger partial charge in [-0.05, 0) is 26.7 Å². The summed E-state index contributed by atoms with van der Waals surface area (Å²) in [7, 11) is 0. The Balaban J connectivity index is 1.72. The van der Waals surface area contributed by atoms with E-state index in [1.54, 1.807) is 0 Å². The maximum Gasteiger partial charge on any atom is 0.162 e. The van der Waals surface area contributed by atoms with Gasteiger partial charge in [0.2, 0.25) is 0 Å². The molecule has 1 heterocycles. The van der Waals surface area contributed by atoms with Gasteiger partial charge in [0.05, 0.1) is 19.3 Å². The quantitative estimate of drug-likeness (QED) is 0.806. The first kappa shape index (κ1) is 13.3. The maximum atomic E-state index is 5.69. The van der Waals surface area contributed by atoms with Gasteiger partial charge < -0.3 is 14.8 Å². The largest absolute Gasteiger partial charge is 0.349 e. The van der Waals surface area contributed by atoms with E-state index in [0.29, 0.717) is 12.1 Å². The molecule has 0 aromatic heterocycles. The van der Waals surface area contributed by atoms with E-state index in [9.17, 15) is 0 Å². The Morgan fingerprint density at radius 2 is 1.35 bits per heavy atom. The van der Waals surface area contributed by atoms with Gasteiger partial charge in [-0.15, -0.1) is 0 Å². The summed E-state index contributed by atoms with van der Waals surface area (Å²) >= 11 is 0. The lowest BCUT2D eigenvalue weighted by atomic mass is 9.96. The first-order valence-corrected chi connectivity index (χ1v) is 7.20. The van der Waals surface area contributed by atoms with Gasteiger partial charge >= 0.3 is 0 Å². The highest BCUT2D eigenvalue weighted by molar-refractivity contribution is 4.79. The van der Waals surface area contributed by atoms with Crippen LogP contribution in [0.2, 0.25) is 0 Å². The lowest BCUT2D eigenvalue weighted by molar-refractivity contribution is -0.253. The van der Waals surface area contributed by atoms with Gasteiger partial charge in [0.25, 0.3) is 0 Å². The van der Waals surface area contributed by atoms with Crippen LogP contribution < -0.4 is 5.32 Å². The lowest BCUT2D eigenvalue weighted by Crippen LogP contribution is -2.51. The third kappa shape index (κ3) is 4.57. The van der Waals surface area contributed by atoms with Crippen LogP contribution in [0, 0.1) is 0 Å². The third-order valence-corrected chi connectivity index (χ3v) is 3.84. The van der Waals surface area contributed by atoms with Gasteiger partial charge in [-0.2, -0.15) is 0 Å². The molecule has 2 fully saturated rings. The number of hydrogen-bond acceptors (Lipinski definition) is 3. The number of rotatable bonds is 2. The molecule has 100 valence electrons. The molecule has 0 radical (unpaired) electrons. The maximum absolute atomic E-state index is 5.69. The van der Waals surface area contributed by atoms with E-state index < -0.39 is 0 Å². The van der Waals surface area contributed by atoms with Crippen molar-refractivity contribution < 1.29 is 9.47 Å². The highest BCUT2D eigenvalue weighted by Crippen LogP contribution is 2.20. The molecule has 2 rings (SSSR count). The van der Waals surface area contributed by atoms with E-state index in [-0.39, 0.29) is 5.79 Å². The molecule has 0 aromatic rings. The van der Waals surface area contributed by atoms with Crippen molar-refractivity contribution in [1.82, 2.24) is 5.32 Å². The molecule has 3 nitrogen and oxygen atoms in total. The monoisotopic (exact) mass is 241 g/mol. The molecule has 0 unspecified atom stereocenters. The van der Waals surface area contributed by atoms with Crippen LogP contribution >= 0.6 is 0 Å². The molecule has 1 saturated carbocycles. The first-order valence-electron chi connectivity index (χ1n) is 7.20. The van der Waals surface area contributed by atoms with Crippen molar-refractivity contribution in [2.24, 2.45) is 0 Å². The third-order valence-electron chi connectivity index (χ3n) is 3.84. The zero-order chi connectivity index (χ0) is 12.1. The molecule has 1 N–H and O–H groups in total. The van der Waals surface area contributed by atoms with Crippen LogP contribution in [0.15, 0.2) is 0 Å². The minimum absolute atomic E-state index is 0.382.